The number of carbonyl (C=O) groups excluding carboxylic acids is 1. The molecule has 2 unspecified atom stereocenters. The maximum absolute atomic E-state index is 11.5. The van der Waals surface area contributed by atoms with E-state index in [4.69, 9.17) is 10.1 Å². The molecule has 1 aliphatic carbocycles. The molecule has 0 fully saturated rings. The first-order valence-corrected chi connectivity index (χ1v) is 11.3. The van der Waals surface area contributed by atoms with Gasteiger partial charge in [-0.05, 0) is 44.7 Å². The van der Waals surface area contributed by atoms with E-state index >= 15 is 0 Å². The molecule has 3 heterocycles. The average Bonchev–Trinajstić information content (AvgIpc) is 3.29. The molecule has 1 amide bonds. The molecule has 0 spiro atoms. The molecular weight excluding hydrogens is 396 g/mol. The van der Waals surface area contributed by atoms with Crippen LogP contribution in [0, 0.1) is 0 Å². The highest BCUT2D eigenvalue weighted by atomic mass is 32.1. The Morgan fingerprint density at radius 2 is 2.17 bits per heavy atom. The van der Waals surface area contributed by atoms with Crippen LogP contribution in [0.5, 0.6) is 0 Å². The number of aromatic nitrogens is 4. The highest BCUT2D eigenvalue weighted by Gasteiger charge is 2.34. The lowest BCUT2D eigenvalue weighted by atomic mass is 9.86. The van der Waals surface area contributed by atoms with Crippen LogP contribution in [0.4, 0.5) is 10.9 Å². The van der Waals surface area contributed by atoms with Crippen molar-refractivity contribution >= 4 is 28.2 Å². The van der Waals surface area contributed by atoms with Crippen molar-refractivity contribution < 1.29 is 4.79 Å². The van der Waals surface area contributed by atoms with E-state index in [1.165, 1.54) is 23.8 Å². The number of hydrogen-bond acceptors (Lipinski definition) is 6. The third-order valence-electron chi connectivity index (χ3n) is 5.54. The summed E-state index contributed by atoms with van der Waals surface area (Å²) in [5.74, 6) is 1.05. The Morgan fingerprint density at radius 3 is 2.80 bits per heavy atom. The smallest absolute Gasteiger partial charge is 0.223 e. The molecule has 0 saturated heterocycles. The van der Waals surface area contributed by atoms with Crippen LogP contribution in [-0.2, 0) is 11.2 Å². The minimum absolute atomic E-state index is 0.0997. The quantitative estimate of drug-likeness (QED) is 0.576. The minimum Gasteiger partial charge on any atom is -0.370 e. The summed E-state index contributed by atoms with van der Waals surface area (Å²) >= 11 is 1.54. The maximum atomic E-state index is 11.5. The second-order valence-corrected chi connectivity index (χ2v) is 8.86. The van der Waals surface area contributed by atoms with Gasteiger partial charge in [-0.15, -0.1) is 0 Å². The van der Waals surface area contributed by atoms with Crippen LogP contribution in [-0.4, -0.2) is 32.2 Å². The fraction of sp³-hybridized carbons (Fsp3) is 0.455. The number of fused-ring (bicyclic) bond motifs is 3. The Bertz CT molecular complexity index is 1070. The zero-order valence-corrected chi connectivity index (χ0v) is 18.9. The minimum atomic E-state index is -0.0997. The van der Waals surface area contributed by atoms with Gasteiger partial charge in [0.1, 0.15) is 5.82 Å². The largest absolute Gasteiger partial charge is 0.370 e. The summed E-state index contributed by atoms with van der Waals surface area (Å²) in [6, 6.07) is 4.35. The molecule has 2 N–H and O–H groups in total. The van der Waals surface area contributed by atoms with Gasteiger partial charge in [-0.3, -0.25) is 9.48 Å². The standard InChI is InChI=1S/C22H28N6OS/c1-6-13(4)28-20-18(19(27-28)15-8-9-17(23-7-2)24-11-15)12(3)10-16-21(20)30-22(26-16)25-14(5)29/h8-9,11-13H,6-7,10H2,1-5H3,(H,23,24)(H,25,26,29). The summed E-state index contributed by atoms with van der Waals surface area (Å²) in [6.45, 7) is 11.0. The van der Waals surface area contributed by atoms with Crippen LogP contribution in [0.2, 0.25) is 0 Å². The van der Waals surface area contributed by atoms with Crippen molar-refractivity contribution in [1.29, 1.82) is 0 Å². The number of carbonyl (C=O) groups is 1. The zero-order valence-electron chi connectivity index (χ0n) is 18.1. The van der Waals surface area contributed by atoms with Crippen LogP contribution in [0.25, 0.3) is 21.8 Å². The monoisotopic (exact) mass is 424 g/mol. The van der Waals surface area contributed by atoms with Crippen LogP contribution in [0.15, 0.2) is 18.3 Å². The molecule has 0 radical (unpaired) electrons. The molecule has 8 heteroatoms. The van der Waals surface area contributed by atoms with E-state index in [0.717, 1.165) is 52.7 Å². The van der Waals surface area contributed by atoms with Crippen LogP contribution in [0.3, 0.4) is 0 Å². The van der Waals surface area contributed by atoms with Gasteiger partial charge in [0.05, 0.1) is 22.0 Å². The first-order chi connectivity index (χ1) is 14.4. The summed E-state index contributed by atoms with van der Waals surface area (Å²) in [6.07, 6.45) is 3.71. The van der Waals surface area contributed by atoms with Gasteiger partial charge in [0.2, 0.25) is 5.91 Å². The zero-order chi connectivity index (χ0) is 21.4. The van der Waals surface area contributed by atoms with E-state index in [2.05, 4.69) is 54.1 Å². The third-order valence-corrected chi connectivity index (χ3v) is 6.56. The lowest BCUT2D eigenvalue weighted by Crippen LogP contribution is -2.12. The lowest BCUT2D eigenvalue weighted by molar-refractivity contribution is -0.114. The topological polar surface area (TPSA) is 84.7 Å². The van der Waals surface area contributed by atoms with E-state index in [1.54, 1.807) is 0 Å². The molecule has 4 rings (SSSR count). The molecule has 3 aromatic rings. The predicted molar refractivity (Wildman–Crippen MR) is 122 cm³/mol. The third kappa shape index (κ3) is 3.60. The summed E-state index contributed by atoms with van der Waals surface area (Å²) in [5, 5.41) is 11.8. The van der Waals surface area contributed by atoms with Crippen molar-refractivity contribution in [3.05, 3.63) is 29.6 Å². The molecule has 0 saturated carbocycles. The number of hydrogen-bond donors (Lipinski definition) is 2. The van der Waals surface area contributed by atoms with E-state index in [-0.39, 0.29) is 17.9 Å². The van der Waals surface area contributed by atoms with E-state index in [1.807, 2.05) is 12.3 Å². The van der Waals surface area contributed by atoms with Crippen molar-refractivity contribution in [2.24, 2.45) is 0 Å². The second-order valence-electron chi connectivity index (χ2n) is 7.86. The molecule has 1 aliphatic rings. The van der Waals surface area contributed by atoms with E-state index in [0.29, 0.717) is 5.13 Å². The van der Waals surface area contributed by atoms with Gasteiger partial charge in [-0.1, -0.05) is 25.2 Å². The Morgan fingerprint density at radius 1 is 1.37 bits per heavy atom. The van der Waals surface area contributed by atoms with Gasteiger partial charge < -0.3 is 10.6 Å². The average molecular weight is 425 g/mol. The Labute approximate surface area is 181 Å². The highest BCUT2D eigenvalue weighted by Crippen LogP contribution is 2.48. The summed E-state index contributed by atoms with van der Waals surface area (Å²) < 4.78 is 2.15. The SMILES string of the molecule is CCNc1ccc(-c2nn(C(C)CC)c3c2C(C)Cc2nc(NC(C)=O)sc2-3)cn1. The van der Waals surface area contributed by atoms with Crippen molar-refractivity contribution in [2.45, 2.75) is 59.4 Å². The number of nitrogens with zero attached hydrogens (tertiary/aromatic N) is 4. The van der Waals surface area contributed by atoms with Crippen molar-refractivity contribution in [1.82, 2.24) is 19.7 Å². The van der Waals surface area contributed by atoms with Gasteiger partial charge in [-0.2, -0.15) is 5.10 Å². The second kappa shape index (κ2) is 8.18. The molecule has 30 heavy (non-hydrogen) atoms. The summed E-state index contributed by atoms with van der Waals surface area (Å²) in [5.41, 5.74) is 5.45. The molecule has 158 valence electrons. The number of pyridine rings is 1. The van der Waals surface area contributed by atoms with Crippen LogP contribution in [0.1, 0.15) is 64.3 Å². The van der Waals surface area contributed by atoms with Gasteiger partial charge in [0.25, 0.3) is 0 Å². The fourth-order valence-electron chi connectivity index (χ4n) is 3.94. The predicted octanol–water partition coefficient (Wildman–Crippen LogP) is 5.09. The summed E-state index contributed by atoms with van der Waals surface area (Å²) in [7, 11) is 0. The van der Waals surface area contributed by atoms with E-state index < -0.39 is 0 Å². The van der Waals surface area contributed by atoms with Gasteiger partial charge in [0, 0.05) is 36.8 Å². The normalized spacial score (nSPS) is 16.0. The maximum Gasteiger partial charge on any atom is 0.223 e. The van der Waals surface area contributed by atoms with Crippen molar-refractivity contribution in [3.8, 4) is 21.8 Å². The molecule has 2 atom stereocenters. The van der Waals surface area contributed by atoms with Gasteiger partial charge in [-0.25, -0.2) is 9.97 Å². The Kier molecular flexibility index (Phi) is 5.60. The Hall–Kier alpha value is -2.74. The summed E-state index contributed by atoms with van der Waals surface area (Å²) in [4.78, 5) is 21.9. The molecular formula is C22H28N6OS. The van der Waals surface area contributed by atoms with Crippen LogP contribution < -0.4 is 10.6 Å². The molecule has 0 bridgehead atoms. The molecule has 3 aromatic heterocycles. The number of rotatable bonds is 6. The lowest BCUT2D eigenvalue weighted by Gasteiger charge is -2.21. The van der Waals surface area contributed by atoms with Crippen molar-refractivity contribution in [2.75, 3.05) is 17.2 Å². The first-order valence-electron chi connectivity index (χ1n) is 10.5. The number of anilines is 2. The van der Waals surface area contributed by atoms with Gasteiger partial charge >= 0.3 is 0 Å². The van der Waals surface area contributed by atoms with E-state index in [9.17, 15) is 4.79 Å². The number of nitrogens with one attached hydrogen (secondary N) is 2. The first kappa shape index (κ1) is 20.5. The number of thiazole rings is 1. The number of amides is 1. The van der Waals surface area contributed by atoms with Crippen molar-refractivity contribution in [3.63, 3.8) is 0 Å². The molecule has 0 aliphatic heterocycles. The molecule has 7 nitrogen and oxygen atoms in total. The van der Waals surface area contributed by atoms with Crippen LogP contribution >= 0.6 is 11.3 Å². The Balaban J connectivity index is 1.87. The highest BCUT2D eigenvalue weighted by molar-refractivity contribution is 7.19. The fourth-order valence-corrected chi connectivity index (χ4v) is 5.03. The van der Waals surface area contributed by atoms with Gasteiger partial charge in [0.15, 0.2) is 5.13 Å². The molecule has 0 aromatic carbocycles.